The normalized spacial score (nSPS) is 18.2. The van der Waals surface area contributed by atoms with Crippen LogP contribution in [0, 0.1) is 5.41 Å². The lowest BCUT2D eigenvalue weighted by Gasteiger charge is -2.26. The van der Waals surface area contributed by atoms with Gasteiger partial charge in [0.2, 0.25) is 0 Å². The topological polar surface area (TPSA) is 86.7 Å². The Morgan fingerprint density at radius 3 is 2.14 bits per heavy atom. The predicted octanol–water partition coefficient (Wildman–Crippen LogP) is 2.16. The molecular weight excluding hydrogens is 272 g/mol. The summed E-state index contributed by atoms with van der Waals surface area (Å²) in [6.45, 7) is 8.23. The maximum absolute atomic E-state index is 12.1. The van der Waals surface area contributed by atoms with E-state index in [0.717, 1.165) is 19.3 Å². The lowest BCUT2D eigenvalue weighted by atomic mass is 9.82. The highest BCUT2D eigenvalue weighted by Crippen LogP contribution is 2.36. The second-order valence-electron chi connectivity index (χ2n) is 5.69. The van der Waals surface area contributed by atoms with Gasteiger partial charge in [0.25, 0.3) is 5.91 Å². The highest BCUT2D eigenvalue weighted by Gasteiger charge is 2.37. The van der Waals surface area contributed by atoms with E-state index in [2.05, 4.69) is 19.2 Å². The Balaban J connectivity index is 2.69. The Hall–Kier alpha value is -1.85. The van der Waals surface area contributed by atoms with Crippen molar-refractivity contribution in [3.63, 3.8) is 0 Å². The first-order valence-electron chi connectivity index (χ1n) is 7.27. The molecule has 2 N–H and O–H groups in total. The number of carbonyl (C=O) groups is 3. The number of nitrogens with zero attached hydrogens (tertiary/aromatic N) is 1. The summed E-state index contributed by atoms with van der Waals surface area (Å²) in [4.78, 5) is 36.4. The maximum atomic E-state index is 12.1. The number of carboxylic acids is 1. The van der Waals surface area contributed by atoms with Gasteiger partial charge in [0.05, 0.1) is 0 Å². The lowest BCUT2D eigenvalue weighted by Crippen LogP contribution is -2.43. The Labute approximate surface area is 125 Å². The van der Waals surface area contributed by atoms with Crippen LogP contribution in [-0.4, -0.2) is 41.0 Å². The number of carboxylic acid groups (broad SMARTS) is 1. The molecule has 1 rings (SSSR count). The molecule has 21 heavy (non-hydrogen) atoms. The van der Waals surface area contributed by atoms with Gasteiger partial charge in [0.1, 0.15) is 0 Å². The minimum Gasteiger partial charge on any atom is -0.478 e. The third-order valence-electron chi connectivity index (χ3n) is 4.67. The van der Waals surface area contributed by atoms with Crippen LogP contribution in [0.1, 0.15) is 47.0 Å². The van der Waals surface area contributed by atoms with Crippen LogP contribution in [0.4, 0.5) is 4.79 Å². The molecule has 118 valence electrons. The first kappa shape index (κ1) is 17.2. The zero-order valence-corrected chi connectivity index (χ0v) is 13.2. The van der Waals surface area contributed by atoms with Gasteiger partial charge < -0.3 is 10.0 Å². The Bertz CT molecular complexity index is 478. The van der Waals surface area contributed by atoms with Crippen LogP contribution >= 0.6 is 0 Å². The average molecular weight is 296 g/mol. The molecule has 6 nitrogen and oxygen atoms in total. The number of nitrogens with one attached hydrogen (secondary N) is 1. The lowest BCUT2D eigenvalue weighted by molar-refractivity contribution is -0.133. The predicted molar refractivity (Wildman–Crippen MR) is 78.8 cm³/mol. The minimum atomic E-state index is -1.16. The standard InChI is InChI=1S/C15H24N2O4/c1-5-15(6-2)7-8-17(9-15)14(21)16-12(18)10(3)11(4)13(19)20/h5-9H2,1-4H3,(H,19,20)(H,16,18,21). The zero-order valence-electron chi connectivity index (χ0n) is 13.2. The summed E-state index contributed by atoms with van der Waals surface area (Å²) in [6, 6.07) is -0.443. The van der Waals surface area contributed by atoms with Crippen LogP contribution in [0.25, 0.3) is 0 Å². The molecule has 3 amide bonds. The molecule has 1 aliphatic heterocycles. The van der Waals surface area contributed by atoms with Crippen molar-refractivity contribution >= 4 is 17.9 Å². The molecule has 0 radical (unpaired) electrons. The van der Waals surface area contributed by atoms with E-state index in [1.54, 1.807) is 4.90 Å². The second-order valence-corrected chi connectivity index (χ2v) is 5.69. The van der Waals surface area contributed by atoms with Gasteiger partial charge in [-0.1, -0.05) is 13.8 Å². The number of hydrogen-bond donors (Lipinski definition) is 2. The molecule has 1 saturated heterocycles. The summed E-state index contributed by atoms with van der Waals surface area (Å²) in [7, 11) is 0. The Morgan fingerprint density at radius 1 is 1.14 bits per heavy atom. The Morgan fingerprint density at radius 2 is 1.71 bits per heavy atom. The number of rotatable bonds is 4. The van der Waals surface area contributed by atoms with Gasteiger partial charge in [0, 0.05) is 24.2 Å². The van der Waals surface area contributed by atoms with Gasteiger partial charge in [-0.05, 0) is 38.5 Å². The highest BCUT2D eigenvalue weighted by atomic mass is 16.4. The van der Waals surface area contributed by atoms with Crippen LogP contribution in [0.15, 0.2) is 11.1 Å². The molecule has 0 aromatic heterocycles. The smallest absolute Gasteiger partial charge is 0.331 e. The van der Waals surface area contributed by atoms with E-state index in [9.17, 15) is 14.4 Å². The summed E-state index contributed by atoms with van der Waals surface area (Å²) in [5, 5.41) is 11.1. The third-order valence-corrected chi connectivity index (χ3v) is 4.67. The molecule has 1 aliphatic rings. The van der Waals surface area contributed by atoms with Gasteiger partial charge >= 0.3 is 12.0 Å². The number of hydrogen-bond acceptors (Lipinski definition) is 3. The van der Waals surface area contributed by atoms with Crippen LogP contribution in [-0.2, 0) is 9.59 Å². The van der Waals surface area contributed by atoms with E-state index in [1.807, 2.05) is 0 Å². The average Bonchev–Trinajstić information content (AvgIpc) is 2.90. The molecule has 0 aliphatic carbocycles. The fraction of sp³-hybridized carbons (Fsp3) is 0.667. The van der Waals surface area contributed by atoms with Crippen molar-refractivity contribution in [2.75, 3.05) is 13.1 Å². The fourth-order valence-electron chi connectivity index (χ4n) is 2.54. The number of carbonyl (C=O) groups excluding carboxylic acids is 2. The molecule has 0 saturated carbocycles. The van der Waals surface area contributed by atoms with Crippen molar-refractivity contribution in [1.29, 1.82) is 0 Å². The van der Waals surface area contributed by atoms with Crippen LogP contribution in [0.5, 0.6) is 0 Å². The maximum Gasteiger partial charge on any atom is 0.331 e. The molecule has 0 unspecified atom stereocenters. The van der Waals surface area contributed by atoms with Crippen LogP contribution < -0.4 is 5.32 Å². The van der Waals surface area contributed by atoms with Gasteiger partial charge in [-0.3, -0.25) is 10.1 Å². The minimum absolute atomic E-state index is 0.0484. The number of amides is 3. The molecule has 6 heteroatoms. The summed E-state index contributed by atoms with van der Waals surface area (Å²) in [5.41, 5.74) is 0.132. The SMILES string of the molecule is CCC1(CC)CCN(C(=O)NC(=O)C(C)=C(C)C(=O)O)C1. The number of urea groups is 1. The third kappa shape index (κ3) is 3.83. The molecular formula is C15H24N2O4. The van der Waals surface area contributed by atoms with Gasteiger partial charge in [0.15, 0.2) is 0 Å². The van der Waals surface area contributed by atoms with E-state index in [1.165, 1.54) is 13.8 Å². The molecule has 0 aromatic carbocycles. The van der Waals surface area contributed by atoms with E-state index in [0.29, 0.717) is 13.1 Å². The van der Waals surface area contributed by atoms with Crippen molar-refractivity contribution in [3.05, 3.63) is 11.1 Å². The molecule has 0 aromatic rings. The molecule has 0 bridgehead atoms. The Kier molecular flexibility index (Phi) is 5.52. The number of aliphatic carboxylic acids is 1. The summed E-state index contributed by atoms with van der Waals surface area (Å²) in [6.07, 6.45) is 2.93. The second kappa shape index (κ2) is 6.74. The van der Waals surface area contributed by atoms with Gasteiger partial charge in [-0.15, -0.1) is 0 Å². The van der Waals surface area contributed by atoms with Crippen molar-refractivity contribution < 1.29 is 19.5 Å². The fourth-order valence-corrected chi connectivity index (χ4v) is 2.54. The highest BCUT2D eigenvalue weighted by molar-refractivity contribution is 6.07. The largest absolute Gasteiger partial charge is 0.478 e. The first-order chi connectivity index (χ1) is 9.76. The zero-order chi connectivity index (χ0) is 16.2. The van der Waals surface area contributed by atoms with Crippen molar-refractivity contribution in [3.8, 4) is 0 Å². The summed E-state index contributed by atoms with van der Waals surface area (Å²) in [5.74, 6) is -1.81. The quantitative estimate of drug-likeness (QED) is 0.778. The summed E-state index contributed by atoms with van der Waals surface area (Å²) >= 11 is 0. The first-order valence-corrected chi connectivity index (χ1v) is 7.27. The van der Waals surface area contributed by atoms with E-state index >= 15 is 0 Å². The molecule has 0 spiro atoms. The number of imide groups is 1. The van der Waals surface area contributed by atoms with Crippen molar-refractivity contribution in [2.24, 2.45) is 5.41 Å². The van der Waals surface area contributed by atoms with Crippen LogP contribution in [0.3, 0.4) is 0 Å². The monoisotopic (exact) mass is 296 g/mol. The molecule has 1 fully saturated rings. The van der Waals surface area contributed by atoms with E-state index in [4.69, 9.17) is 5.11 Å². The van der Waals surface area contributed by atoms with E-state index in [-0.39, 0.29) is 16.6 Å². The van der Waals surface area contributed by atoms with E-state index < -0.39 is 17.9 Å². The van der Waals surface area contributed by atoms with Gasteiger partial charge in [-0.25, -0.2) is 9.59 Å². The van der Waals surface area contributed by atoms with Gasteiger partial charge in [-0.2, -0.15) is 0 Å². The van der Waals surface area contributed by atoms with Crippen LogP contribution in [0.2, 0.25) is 0 Å². The van der Waals surface area contributed by atoms with Crippen molar-refractivity contribution in [1.82, 2.24) is 10.2 Å². The summed E-state index contributed by atoms with van der Waals surface area (Å²) < 4.78 is 0. The number of likely N-dealkylation sites (tertiary alicyclic amines) is 1. The van der Waals surface area contributed by atoms with Crippen molar-refractivity contribution in [2.45, 2.75) is 47.0 Å². The molecule has 1 heterocycles. The molecule has 0 atom stereocenters.